The Balaban J connectivity index is 1.11. The summed E-state index contributed by atoms with van der Waals surface area (Å²) >= 11 is 0. The van der Waals surface area contributed by atoms with Crippen LogP contribution in [-0.2, 0) is 17.6 Å². The summed E-state index contributed by atoms with van der Waals surface area (Å²) < 4.78 is 30.3. The molecule has 2 aromatic carbocycles. The molecule has 4 fully saturated rings. The quantitative estimate of drug-likeness (QED) is 0.335. The largest absolute Gasteiger partial charge is 0.454 e. The summed E-state index contributed by atoms with van der Waals surface area (Å²) in [6, 6.07) is 13.1. The van der Waals surface area contributed by atoms with Gasteiger partial charge in [0.15, 0.2) is 23.0 Å². The van der Waals surface area contributed by atoms with Gasteiger partial charge in [0, 0.05) is 0 Å². The third-order valence-electron chi connectivity index (χ3n) is 12.9. The van der Waals surface area contributed by atoms with E-state index in [1.165, 1.54) is 24.0 Å². The molecule has 0 amide bonds. The maximum absolute atomic E-state index is 7.59. The molecule has 2 aliphatic heterocycles. The summed E-state index contributed by atoms with van der Waals surface area (Å²) in [4.78, 5) is 0. The number of hydrogen-bond acceptors (Lipinski definition) is 5. The Labute approximate surface area is 245 Å². The summed E-state index contributed by atoms with van der Waals surface area (Å²) in [5, 5.41) is 0. The van der Waals surface area contributed by atoms with Gasteiger partial charge in [0.1, 0.15) is 0 Å². The van der Waals surface area contributed by atoms with Crippen molar-refractivity contribution in [3.63, 3.8) is 0 Å². The standard InChI is InChI=1S/C36H46O5/c1-19(2)35-15-27(35)21(5)33(25(35)11-23-7-9-29-31(13-23)39-17-37-29)41-34-22(6)28-16-36(28,20(3)4)26(34)12-24-8-10-30-32(14-24)40-18-38-30/h7-10,13-14,19-22,25-28,33-34H,11-12,15-18H2,1-6H3. The first kappa shape index (κ1) is 26.2. The summed E-state index contributed by atoms with van der Waals surface area (Å²) in [5.41, 5.74) is 3.47. The third kappa shape index (κ3) is 3.69. The molecule has 5 nitrogen and oxygen atoms in total. The van der Waals surface area contributed by atoms with Crippen LogP contribution in [0.4, 0.5) is 0 Å². The van der Waals surface area contributed by atoms with Crippen molar-refractivity contribution in [2.24, 2.45) is 58.2 Å². The van der Waals surface area contributed by atoms with E-state index >= 15 is 0 Å². The molecule has 10 atom stereocenters. The minimum atomic E-state index is 0.287. The van der Waals surface area contributed by atoms with Crippen molar-refractivity contribution < 1.29 is 23.7 Å². The molecule has 220 valence electrons. The molecular formula is C36H46O5. The number of hydrogen-bond donors (Lipinski definition) is 0. The van der Waals surface area contributed by atoms with Crippen molar-refractivity contribution >= 4 is 0 Å². The molecule has 0 N–H and O–H groups in total. The van der Waals surface area contributed by atoms with Crippen LogP contribution in [0.2, 0.25) is 0 Å². The lowest BCUT2D eigenvalue weighted by Gasteiger charge is -2.39. The van der Waals surface area contributed by atoms with Crippen molar-refractivity contribution in [3.05, 3.63) is 47.5 Å². The maximum atomic E-state index is 7.59. The molecule has 5 heteroatoms. The molecule has 0 spiro atoms. The summed E-state index contributed by atoms with van der Waals surface area (Å²) in [7, 11) is 0. The van der Waals surface area contributed by atoms with Gasteiger partial charge in [-0.1, -0.05) is 53.7 Å². The second kappa shape index (κ2) is 9.05. The molecule has 2 aromatic rings. The lowest BCUT2D eigenvalue weighted by Crippen LogP contribution is -2.42. The van der Waals surface area contributed by atoms with Crippen LogP contribution in [0.25, 0.3) is 0 Å². The van der Waals surface area contributed by atoms with E-state index in [0.29, 0.717) is 59.9 Å². The molecule has 4 aliphatic carbocycles. The minimum Gasteiger partial charge on any atom is -0.454 e. The van der Waals surface area contributed by atoms with Gasteiger partial charge in [-0.25, -0.2) is 0 Å². The predicted octanol–water partition coefficient (Wildman–Crippen LogP) is 7.54. The van der Waals surface area contributed by atoms with E-state index in [-0.39, 0.29) is 12.2 Å². The summed E-state index contributed by atoms with van der Waals surface area (Å²) in [6.07, 6.45) is 5.37. The fourth-order valence-electron chi connectivity index (χ4n) is 10.7. The second-order valence-corrected chi connectivity index (χ2v) is 14.9. The lowest BCUT2D eigenvalue weighted by molar-refractivity contribution is -0.109. The average Bonchev–Trinajstić information content (AvgIpc) is 3.69. The molecule has 0 saturated heterocycles. The van der Waals surface area contributed by atoms with E-state index in [0.717, 1.165) is 47.7 Å². The highest BCUT2D eigenvalue weighted by molar-refractivity contribution is 5.46. The molecule has 41 heavy (non-hydrogen) atoms. The van der Waals surface area contributed by atoms with Crippen LogP contribution in [0.5, 0.6) is 23.0 Å². The lowest BCUT2D eigenvalue weighted by atomic mass is 9.75. The minimum absolute atomic E-state index is 0.287. The van der Waals surface area contributed by atoms with E-state index in [2.05, 4.69) is 77.9 Å². The Morgan fingerprint density at radius 2 is 1.07 bits per heavy atom. The van der Waals surface area contributed by atoms with Crippen LogP contribution in [0.1, 0.15) is 65.5 Å². The van der Waals surface area contributed by atoms with E-state index in [9.17, 15) is 0 Å². The first-order valence-corrected chi connectivity index (χ1v) is 16.2. The topological polar surface area (TPSA) is 46.2 Å². The molecule has 0 radical (unpaired) electrons. The van der Waals surface area contributed by atoms with E-state index in [1.54, 1.807) is 0 Å². The van der Waals surface area contributed by atoms with Crippen molar-refractivity contribution in [1.82, 2.24) is 0 Å². The molecule has 10 unspecified atom stereocenters. The van der Waals surface area contributed by atoms with Crippen molar-refractivity contribution in [1.29, 1.82) is 0 Å². The Morgan fingerprint density at radius 3 is 1.49 bits per heavy atom. The fourth-order valence-corrected chi connectivity index (χ4v) is 10.7. The van der Waals surface area contributed by atoms with E-state index in [1.807, 2.05) is 0 Å². The number of benzene rings is 2. The molecule has 0 aromatic heterocycles. The Bertz CT molecular complexity index is 1250. The Hall–Kier alpha value is -2.40. The molecule has 4 saturated carbocycles. The van der Waals surface area contributed by atoms with E-state index < -0.39 is 0 Å². The van der Waals surface area contributed by atoms with Crippen LogP contribution in [0.3, 0.4) is 0 Å². The van der Waals surface area contributed by atoms with Crippen molar-refractivity contribution in [2.75, 3.05) is 13.6 Å². The van der Waals surface area contributed by atoms with Gasteiger partial charge in [-0.2, -0.15) is 0 Å². The van der Waals surface area contributed by atoms with Gasteiger partial charge < -0.3 is 23.7 Å². The van der Waals surface area contributed by atoms with Gasteiger partial charge in [0.05, 0.1) is 12.2 Å². The number of ether oxygens (including phenoxy) is 5. The van der Waals surface area contributed by atoms with Gasteiger partial charge in [-0.3, -0.25) is 0 Å². The first-order valence-electron chi connectivity index (χ1n) is 16.2. The number of rotatable bonds is 8. The van der Waals surface area contributed by atoms with Crippen LogP contribution in [-0.4, -0.2) is 25.8 Å². The van der Waals surface area contributed by atoms with Crippen LogP contribution in [0.15, 0.2) is 36.4 Å². The van der Waals surface area contributed by atoms with Crippen molar-refractivity contribution in [3.8, 4) is 23.0 Å². The highest BCUT2D eigenvalue weighted by Gasteiger charge is 2.74. The van der Waals surface area contributed by atoms with Crippen LogP contribution < -0.4 is 18.9 Å². The predicted molar refractivity (Wildman–Crippen MR) is 157 cm³/mol. The first-order chi connectivity index (χ1) is 19.7. The van der Waals surface area contributed by atoms with Crippen LogP contribution >= 0.6 is 0 Å². The molecule has 0 bridgehead atoms. The van der Waals surface area contributed by atoms with Gasteiger partial charge in [-0.15, -0.1) is 0 Å². The zero-order chi connectivity index (χ0) is 28.3. The van der Waals surface area contributed by atoms with Gasteiger partial charge in [-0.05, 0) is 119 Å². The summed E-state index contributed by atoms with van der Waals surface area (Å²) in [6.45, 7) is 15.4. The van der Waals surface area contributed by atoms with Gasteiger partial charge in [0.25, 0.3) is 0 Å². The Kier molecular flexibility index (Phi) is 5.79. The SMILES string of the molecule is CC1C(OC2C(C)C3CC3(C(C)C)C2Cc2ccc3c(c2)OCO3)C(Cc2ccc3c(c2)OCO3)C2(C(C)C)CC12. The van der Waals surface area contributed by atoms with Crippen molar-refractivity contribution in [2.45, 2.75) is 79.4 Å². The average molecular weight is 559 g/mol. The molecular weight excluding hydrogens is 512 g/mol. The van der Waals surface area contributed by atoms with Crippen LogP contribution in [0, 0.1) is 58.2 Å². The Morgan fingerprint density at radius 1 is 0.659 bits per heavy atom. The number of fused-ring (bicyclic) bond motifs is 4. The second-order valence-electron chi connectivity index (χ2n) is 14.9. The zero-order valence-corrected chi connectivity index (χ0v) is 25.5. The third-order valence-corrected chi connectivity index (χ3v) is 12.9. The monoisotopic (exact) mass is 558 g/mol. The fraction of sp³-hybridized carbons (Fsp3) is 0.667. The smallest absolute Gasteiger partial charge is 0.231 e. The van der Waals surface area contributed by atoms with E-state index in [4.69, 9.17) is 23.7 Å². The molecule has 6 aliphatic rings. The zero-order valence-electron chi connectivity index (χ0n) is 25.5. The normalized spacial score (nSPS) is 40.8. The maximum Gasteiger partial charge on any atom is 0.231 e. The molecule has 2 heterocycles. The highest BCUT2D eigenvalue weighted by Crippen LogP contribution is 2.76. The van der Waals surface area contributed by atoms with Gasteiger partial charge in [0.2, 0.25) is 13.6 Å². The highest BCUT2D eigenvalue weighted by atomic mass is 16.7. The summed E-state index contributed by atoms with van der Waals surface area (Å²) in [5.74, 6) is 8.58. The molecule has 8 rings (SSSR count). The van der Waals surface area contributed by atoms with Gasteiger partial charge >= 0.3 is 0 Å².